The van der Waals surface area contributed by atoms with E-state index in [-0.39, 0.29) is 5.41 Å². The van der Waals surface area contributed by atoms with E-state index in [9.17, 15) is 0 Å². The Kier molecular flexibility index (Phi) is 3.29. The average Bonchev–Trinajstić information content (AvgIpc) is 2.95. The van der Waals surface area contributed by atoms with Crippen molar-refractivity contribution in [3.63, 3.8) is 0 Å². The van der Waals surface area contributed by atoms with E-state index in [4.69, 9.17) is 5.73 Å². The third kappa shape index (κ3) is 2.37. The van der Waals surface area contributed by atoms with Crippen molar-refractivity contribution in [2.75, 3.05) is 18.4 Å². The van der Waals surface area contributed by atoms with Crippen molar-refractivity contribution in [1.82, 2.24) is 25.0 Å². The SMILES string of the molecule is NCC1(CNc2cncc3nnnn23)CCCCC1. The van der Waals surface area contributed by atoms with Crippen LogP contribution in [0.5, 0.6) is 0 Å². The normalized spacial score (nSPS) is 18.6. The minimum atomic E-state index is 0.203. The minimum absolute atomic E-state index is 0.203. The standard InChI is InChI=1S/C12H19N7/c13-8-12(4-2-1-3-5-12)9-15-10-6-14-7-11-16-17-18-19(10)11/h6-7,15H,1-5,8-9,13H2. The number of nitrogens with zero attached hydrogens (tertiary/aromatic N) is 5. The number of rotatable bonds is 4. The van der Waals surface area contributed by atoms with Gasteiger partial charge in [0, 0.05) is 6.54 Å². The Morgan fingerprint density at radius 1 is 1.26 bits per heavy atom. The first-order valence-electron chi connectivity index (χ1n) is 6.79. The van der Waals surface area contributed by atoms with Crippen molar-refractivity contribution < 1.29 is 0 Å². The highest BCUT2D eigenvalue weighted by Crippen LogP contribution is 2.35. The second-order valence-electron chi connectivity index (χ2n) is 5.36. The molecule has 0 atom stereocenters. The monoisotopic (exact) mass is 261 g/mol. The van der Waals surface area contributed by atoms with E-state index in [1.165, 1.54) is 32.1 Å². The predicted octanol–water partition coefficient (Wildman–Crippen LogP) is 0.840. The molecule has 2 aromatic rings. The van der Waals surface area contributed by atoms with Crippen LogP contribution in [-0.4, -0.2) is 38.1 Å². The molecule has 19 heavy (non-hydrogen) atoms. The van der Waals surface area contributed by atoms with Gasteiger partial charge in [-0.05, 0) is 35.2 Å². The first-order chi connectivity index (χ1) is 9.33. The summed E-state index contributed by atoms with van der Waals surface area (Å²) in [6, 6.07) is 0. The lowest BCUT2D eigenvalue weighted by Gasteiger charge is -2.36. The van der Waals surface area contributed by atoms with Gasteiger partial charge in [-0.2, -0.15) is 4.52 Å². The van der Waals surface area contributed by atoms with Gasteiger partial charge in [0.2, 0.25) is 0 Å². The maximum atomic E-state index is 5.99. The molecule has 0 unspecified atom stereocenters. The second-order valence-corrected chi connectivity index (χ2v) is 5.36. The van der Waals surface area contributed by atoms with Crippen LogP contribution in [0.25, 0.3) is 5.65 Å². The summed E-state index contributed by atoms with van der Waals surface area (Å²) < 4.78 is 1.67. The van der Waals surface area contributed by atoms with E-state index in [0.29, 0.717) is 5.65 Å². The van der Waals surface area contributed by atoms with Crippen LogP contribution in [0.4, 0.5) is 5.82 Å². The fourth-order valence-corrected chi connectivity index (χ4v) is 2.83. The molecule has 7 nitrogen and oxygen atoms in total. The first-order valence-corrected chi connectivity index (χ1v) is 6.79. The van der Waals surface area contributed by atoms with Crippen molar-refractivity contribution in [2.24, 2.45) is 11.1 Å². The molecule has 0 spiro atoms. The van der Waals surface area contributed by atoms with E-state index < -0.39 is 0 Å². The summed E-state index contributed by atoms with van der Waals surface area (Å²) >= 11 is 0. The zero-order valence-corrected chi connectivity index (χ0v) is 10.9. The Labute approximate surface area is 111 Å². The van der Waals surface area contributed by atoms with Gasteiger partial charge < -0.3 is 11.1 Å². The van der Waals surface area contributed by atoms with Crippen molar-refractivity contribution in [3.05, 3.63) is 12.4 Å². The number of anilines is 1. The number of fused-ring (bicyclic) bond motifs is 1. The molecule has 3 N–H and O–H groups in total. The van der Waals surface area contributed by atoms with Crippen molar-refractivity contribution in [3.8, 4) is 0 Å². The van der Waals surface area contributed by atoms with Crippen molar-refractivity contribution in [1.29, 1.82) is 0 Å². The van der Waals surface area contributed by atoms with E-state index in [1.54, 1.807) is 16.9 Å². The minimum Gasteiger partial charge on any atom is -0.368 e. The molecular formula is C12H19N7. The Bertz CT molecular complexity index is 544. The molecule has 7 heteroatoms. The van der Waals surface area contributed by atoms with Gasteiger partial charge >= 0.3 is 0 Å². The summed E-state index contributed by atoms with van der Waals surface area (Å²) in [7, 11) is 0. The van der Waals surface area contributed by atoms with Crippen LogP contribution in [0.15, 0.2) is 12.4 Å². The molecule has 2 heterocycles. The van der Waals surface area contributed by atoms with Gasteiger partial charge in [0.05, 0.1) is 12.4 Å². The van der Waals surface area contributed by atoms with E-state index in [2.05, 4.69) is 25.8 Å². The molecule has 0 amide bonds. The summed E-state index contributed by atoms with van der Waals surface area (Å²) in [5, 5.41) is 14.9. The topological polar surface area (TPSA) is 94.0 Å². The van der Waals surface area contributed by atoms with Gasteiger partial charge in [0.25, 0.3) is 0 Å². The number of hydrogen-bond acceptors (Lipinski definition) is 6. The van der Waals surface area contributed by atoms with Crippen LogP contribution in [0, 0.1) is 5.41 Å². The lowest BCUT2D eigenvalue weighted by atomic mass is 9.74. The highest BCUT2D eigenvalue weighted by molar-refractivity contribution is 5.43. The van der Waals surface area contributed by atoms with Crippen molar-refractivity contribution >= 4 is 11.5 Å². The summed E-state index contributed by atoms with van der Waals surface area (Å²) in [5.41, 5.74) is 6.84. The van der Waals surface area contributed by atoms with E-state index in [1.807, 2.05) is 0 Å². The fourth-order valence-electron chi connectivity index (χ4n) is 2.83. The van der Waals surface area contributed by atoms with E-state index >= 15 is 0 Å². The maximum absolute atomic E-state index is 5.99. The molecule has 2 aromatic heterocycles. The summed E-state index contributed by atoms with van der Waals surface area (Å²) in [5.74, 6) is 0.820. The van der Waals surface area contributed by atoms with Crippen LogP contribution < -0.4 is 11.1 Å². The molecule has 0 aromatic carbocycles. The smallest absolute Gasteiger partial charge is 0.199 e. The quantitative estimate of drug-likeness (QED) is 0.847. The summed E-state index contributed by atoms with van der Waals surface area (Å²) in [6.45, 7) is 1.57. The largest absolute Gasteiger partial charge is 0.368 e. The van der Waals surface area contributed by atoms with Crippen LogP contribution >= 0.6 is 0 Å². The lowest BCUT2D eigenvalue weighted by Crippen LogP contribution is -2.39. The molecule has 3 rings (SSSR count). The third-order valence-corrected chi connectivity index (χ3v) is 4.10. The van der Waals surface area contributed by atoms with Crippen LogP contribution in [0.2, 0.25) is 0 Å². The molecule has 0 radical (unpaired) electrons. The molecule has 1 saturated carbocycles. The van der Waals surface area contributed by atoms with Gasteiger partial charge in [-0.3, -0.25) is 4.98 Å². The Morgan fingerprint density at radius 2 is 2.11 bits per heavy atom. The Hall–Kier alpha value is -1.76. The number of nitrogens with two attached hydrogens (primary N) is 1. The number of hydrogen-bond donors (Lipinski definition) is 2. The fraction of sp³-hybridized carbons (Fsp3) is 0.667. The maximum Gasteiger partial charge on any atom is 0.199 e. The van der Waals surface area contributed by atoms with Crippen LogP contribution in [0.1, 0.15) is 32.1 Å². The summed E-state index contributed by atoms with van der Waals surface area (Å²) in [6.07, 6.45) is 9.64. The third-order valence-electron chi connectivity index (χ3n) is 4.10. The number of aromatic nitrogens is 5. The molecule has 0 saturated heterocycles. The van der Waals surface area contributed by atoms with Crippen LogP contribution in [0.3, 0.4) is 0 Å². The molecule has 1 fully saturated rings. The second kappa shape index (κ2) is 5.08. The Morgan fingerprint density at radius 3 is 2.89 bits per heavy atom. The van der Waals surface area contributed by atoms with E-state index in [0.717, 1.165) is 18.9 Å². The van der Waals surface area contributed by atoms with Crippen molar-refractivity contribution in [2.45, 2.75) is 32.1 Å². The number of nitrogens with one attached hydrogen (secondary N) is 1. The van der Waals surface area contributed by atoms with Crippen LogP contribution in [-0.2, 0) is 0 Å². The molecule has 0 bridgehead atoms. The van der Waals surface area contributed by atoms with Gasteiger partial charge in [-0.1, -0.05) is 19.3 Å². The average molecular weight is 261 g/mol. The molecule has 0 aliphatic heterocycles. The zero-order valence-electron chi connectivity index (χ0n) is 10.9. The number of tetrazole rings is 1. The highest BCUT2D eigenvalue weighted by Gasteiger charge is 2.30. The first kappa shape index (κ1) is 12.3. The van der Waals surface area contributed by atoms with Gasteiger partial charge in [0.1, 0.15) is 5.82 Å². The molecule has 1 aliphatic rings. The zero-order chi connectivity index (χ0) is 13.1. The molecular weight excluding hydrogens is 242 g/mol. The van der Waals surface area contributed by atoms with Gasteiger partial charge in [0.15, 0.2) is 5.65 Å². The van der Waals surface area contributed by atoms with Gasteiger partial charge in [-0.15, -0.1) is 5.10 Å². The molecule has 1 aliphatic carbocycles. The Balaban J connectivity index is 1.76. The predicted molar refractivity (Wildman–Crippen MR) is 71.6 cm³/mol. The lowest BCUT2D eigenvalue weighted by molar-refractivity contribution is 0.215. The summed E-state index contributed by atoms with van der Waals surface area (Å²) in [4.78, 5) is 4.14. The highest BCUT2D eigenvalue weighted by atomic mass is 15.5. The van der Waals surface area contributed by atoms with Gasteiger partial charge in [-0.25, -0.2) is 0 Å². The molecule has 102 valence electrons.